The van der Waals surface area contributed by atoms with Gasteiger partial charge in [0, 0.05) is 22.4 Å². The van der Waals surface area contributed by atoms with Crippen LogP contribution in [0.3, 0.4) is 0 Å². The number of nitrogens with zero attached hydrogens (tertiary/aromatic N) is 1. The van der Waals surface area contributed by atoms with Gasteiger partial charge in [-0.1, -0.05) is 18.2 Å². The third kappa shape index (κ3) is 3.62. The number of thioether (sulfide) groups is 1. The van der Waals surface area contributed by atoms with Crippen LogP contribution in [0.1, 0.15) is 34.0 Å². The second-order valence-electron chi connectivity index (χ2n) is 5.33. The molecule has 0 aliphatic heterocycles. The molecule has 1 aromatic heterocycles. The lowest BCUT2D eigenvalue weighted by atomic mass is 10.2. The Morgan fingerprint density at radius 2 is 2.10 bits per heavy atom. The Balaban J connectivity index is 1.59. The van der Waals surface area contributed by atoms with E-state index in [0.29, 0.717) is 0 Å². The van der Waals surface area contributed by atoms with Crippen molar-refractivity contribution in [3.8, 4) is 0 Å². The van der Waals surface area contributed by atoms with Crippen molar-refractivity contribution < 1.29 is 0 Å². The third-order valence-electron chi connectivity index (χ3n) is 3.51. The molecule has 0 radical (unpaired) electrons. The van der Waals surface area contributed by atoms with E-state index >= 15 is 0 Å². The van der Waals surface area contributed by atoms with Gasteiger partial charge in [-0.25, -0.2) is 4.98 Å². The summed E-state index contributed by atoms with van der Waals surface area (Å²) in [5.74, 6) is 0.972. The second kappa shape index (κ2) is 6.29. The first kappa shape index (κ1) is 14.1. The molecule has 2 aromatic rings. The summed E-state index contributed by atoms with van der Waals surface area (Å²) >= 11 is 3.75. The molecule has 106 valence electrons. The summed E-state index contributed by atoms with van der Waals surface area (Å²) in [6.45, 7) is 5.28. The number of nitrogens with one attached hydrogen (secondary N) is 1. The highest BCUT2D eigenvalue weighted by Gasteiger charge is 2.21. The van der Waals surface area contributed by atoms with Crippen LogP contribution in [0.2, 0.25) is 0 Å². The zero-order chi connectivity index (χ0) is 13.9. The van der Waals surface area contributed by atoms with Gasteiger partial charge in [-0.15, -0.1) is 23.1 Å². The van der Waals surface area contributed by atoms with Gasteiger partial charge in [-0.2, -0.15) is 0 Å². The van der Waals surface area contributed by atoms with Gasteiger partial charge in [-0.05, 0) is 38.3 Å². The topological polar surface area (TPSA) is 24.9 Å². The maximum atomic E-state index is 4.71. The predicted molar refractivity (Wildman–Crippen MR) is 87.5 cm³/mol. The summed E-state index contributed by atoms with van der Waals surface area (Å²) in [6, 6.07) is 9.32. The van der Waals surface area contributed by atoms with E-state index < -0.39 is 0 Å². The zero-order valence-electron chi connectivity index (χ0n) is 12.0. The van der Waals surface area contributed by atoms with Gasteiger partial charge < -0.3 is 5.32 Å². The van der Waals surface area contributed by atoms with Crippen LogP contribution in [0.15, 0.2) is 29.2 Å². The summed E-state index contributed by atoms with van der Waals surface area (Å²) in [7, 11) is 0. The summed E-state index contributed by atoms with van der Waals surface area (Å²) in [6.07, 6.45) is 2.68. The minimum absolute atomic E-state index is 0.765. The van der Waals surface area contributed by atoms with Crippen LogP contribution in [0.25, 0.3) is 0 Å². The van der Waals surface area contributed by atoms with Crippen LogP contribution in [-0.4, -0.2) is 11.0 Å². The van der Waals surface area contributed by atoms with Gasteiger partial charge in [0.25, 0.3) is 0 Å². The van der Waals surface area contributed by atoms with E-state index in [0.717, 1.165) is 18.3 Å². The van der Waals surface area contributed by atoms with Gasteiger partial charge in [-0.3, -0.25) is 0 Å². The van der Waals surface area contributed by atoms with Crippen molar-refractivity contribution in [3.05, 3.63) is 45.4 Å². The smallest absolute Gasteiger partial charge is 0.103 e. The largest absolute Gasteiger partial charge is 0.309 e. The lowest BCUT2D eigenvalue weighted by Gasteiger charge is -2.02. The number of thiazole rings is 1. The fraction of sp³-hybridized carbons (Fsp3) is 0.438. The minimum atomic E-state index is 0.765. The van der Waals surface area contributed by atoms with E-state index in [-0.39, 0.29) is 0 Å². The lowest BCUT2D eigenvalue weighted by molar-refractivity contribution is 0.691. The Bertz CT molecular complexity index is 588. The third-order valence-corrected chi connectivity index (χ3v) is 6.04. The highest BCUT2D eigenvalue weighted by molar-refractivity contribution is 7.98. The molecular weight excluding hydrogens is 284 g/mol. The van der Waals surface area contributed by atoms with Crippen molar-refractivity contribution in [2.75, 3.05) is 0 Å². The second-order valence-corrected chi connectivity index (χ2v) is 7.51. The predicted octanol–water partition coefficient (Wildman–Crippen LogP) is 4.30. The van der Waals surface area contributed by atoms with E-state index in [1.807, 2.05) is 23.1 Å². The molecule has 0 amide bonds. The Morgan fingerprint density at radius 1 is 1.30 bits per heavy atom. The zero-order valence-corrected chi connectivity index (χ0v) is 13.6. The van der Waals surface area contributed by atoms with Crippen molar-refractivity contribution in [2.24, 2.45) is 0 Å². The fourth-order valence-corrected chi connectivity index (χ4v) is 4.14. The van der Waals surface area contributed by atoms with Crippen LogP contribution in [0.5, 0.6) is 0 Å². The van der Waals surface area contributed by atoms with Crippen molar-refractivity contribution in [1.82, 2.24) is 10.3 Å². The van der Waals surface area contributed by atoms with E-state index in [9.17, 15) is 0 Å². The molecule has 0 atom stereocenters. The Labute approximate surface area is 129 Å². The van der Waals surface area contributed by atoms with Gasteiger partial charge in [0.05, 0.1) is 11.4 Å². The van der Waals surface area contributed by atoms with Crippen LogP contribution >= 0.6 is 23.1 Å². The molecule has 2 nitrogen and oxygen atoms in total. The Hall–Kier alpha value is -0.840. The van der Waals surface area contributed by atoms with Crippen LogP contribution in [0.4, 0.5) is 0 Å². The minimum Gasteiger partial charge on any atom is -0.309 e. The molecule has 0 spiro atoms. The molecule has 0 saturated heterocycles. The van der Waals surface area contributed by atoms with Gasteiger partial charge in [0.1, 0.15) is 5.01 Å². The SMILES string of the molecule is Cc1ccccc1SCc1nc(C)c(CNC2CC2)s1. The summed E-state index contributed by atoms with van der Waals surface area (Å²) in [5.41, 5.74) is 2.55. The molecule has 0 bridgehead atoms. The normalized spacial score (nSPS) is 14.7. The van der Waals surface area contributed by atoms with Gasteiger partial charge >= 0.3 is 0 Å². The number of aryl methyl sites for hydroxylation is 2. The first-order valence-corrected chi connectivity index (χ1v) is 8.89. The molecule has 1 saturated carbocycles. The molecule has 0 unspecified atom stereocenters. The molecule has 3 rings (SSSR count). The number of benzene rings is 1. The molecular formula is C16H20N2S2. The average molecular weight is 304 g/mol. The highest BCUT2D eigenvalue weighted by atomic mass is 32.2. The molecule has 1 heterocycles. The molecule has 4 heteroatoms. The maximum absolute atomic E-state index is 4.71. The standard InChI is InChI=1S/C16H20N2S2/c1-11-5-3-4-6-14(11)19-10-16-18-12(2)15(20-16)9-17-13-7-8-13/h3-6,13,17H,7-10H2,1-2H3. The quantitative estimate of drug-likeness (QED) is 0.805. The average Bonchev–Trinajstić information content (AvgIpc) is 3.20. The van der Waals surface area contributed by atoms with E-state index in [2.05, 4.69) is 43.4 Å². The maximum Gasteiger partial charge on any atom is 0.103 e. The van der Waals surface area contributed by atoms with Gasteiger partial charge in [0.15, 0.2) is 0 Å². The van der Waals surface area contributed by atoms with Crippen LogP contribution in [0, 0.1) is 13.8 Å². The molecule has 1 fully saturated rings. The molecule has 1 aliphatic carbocycles. The number of rotatable bonds is 6. The van der Waals surface area contributed by atoms with E-state index in [1.165, 1.54) is 38.9 Å². The summed E-state index contributed by atoms with van der Waals surface area (Å²) in [5, 5.41) is 4.81. The molecule has 20 heavy (non-hydrogen) atoms. The van der Waals surface area contributed by atoms with Crippen molar-refractivity contribution in [3.63, 3.8) is 0 Å². The van der Waals surface area contributed by atoms with Crippen LogP contribution < -0.4 is 5.32 Å². The highest BCUT2D eigenvalue weighted by Crippen LogP contribution is 2.29. The summed E-state index contributed by atoms with van der Waals surface area (Å²) in [4.78, 5) is 7.47. The van der Waals surface area contributed by atoms with Crippen molar-refractivity contribution >= 4 is 23.1 Å². The lowest BCUT2D eigenvalue weighted by Crippen LogP contribution is -2.14. The van der Waals surface area contributed by atoms with Crippen molar-refractivity contribution in [1.29, 1.82) is 0 Å². The number of hydrogen-bond acceptors (Lipinski definition) is 4. The fourth-order valence-electron chi connectivity index (χ4n) is 2.10. The molecule has 1 aliphatic rings. The summed E-state index contributed by atoms with van der Waals surface area (Å²) < 4.78 is 0. The molecule has 1 N–H and O–H groups in total. The Morgan fingerprint density at radius 3 is 2.85 bits per heavy atom. The Kier molecular flexibility index (Phi) is 4.44. The number of hydrogen-bond donors (Lipinski definition) is 1. The molecule has 1 aromatic carbocycles. The monoisotopic (exact) mass is 304 g/mol. The number of aromatic nitrogens is 1. The first-order chi connectivity index (χ1) is 9.72. The van der Waals surface area contributed by atoms with Crippen LogP contribution in [-0.2, 0) is 12.3 Å². The first-order valence-electron chi connectivity index (χ1n) is 7.09. The van der Waals surface area contributed by atoms with Crippen molar-refractivity contribution in [2.45, 2.75) is 49.9 Å². The van der Waals surface area contributed by atoms with E-state index in [1.54, 1.807) is 0 Å². The van der Waals surface area contributed by atoms with E-state index in [4.69, 9.17) is 4.98 Å². The van der Waals surface area contributed by atoms with Gasteiger partial charge in [0.2, 0.25) is 0 Å².